The lowest BCUT2D eigenvalue weighted by Gasteiger charge is -2.09. The lowest BCUT2D eigenvalue weighted by atomic mass is 10.3. The number of rotatable bonds is 2. The monoisotopic (exact) mass is 232 g/mol. The first kappa shape index (κ1) is 10.6. The Morgan fingerprint density at radius 2 is 2.07 bits per heavy atom. The molecule has 0 unspecified atom stereocenters. The van der Waals surface area contributed by atoms with Crippen molar-refractivity contribution in [2.75, 3.05) is 0 Å². The minimum atomic E-state index is -4.66. The normalized spacial score (nSPS) is 16.0. The van der Waals surface area contributed by atoms with Gasteiger partial charge in [-0.05, 0) is 33.1 Å². The number of aryl methyl sites for hydroxylation is 1. The van der Waals surface area contributed by atoms with Gasteiger partial charge in [0, 0.05) is 11.6 Å². The van der Waals surface area contributed by atoms with Gasteiger partial charge in [-0.15, -0.1) is 0 Å². The second-order valence-electron chi connectivity index (χ2n) is 4.06. The highest BCUT2D eigenvalue weighted by atomic mass is 32.3. The molecule has 15 heavy (non-hydrogen) atoms. The molecule has 0 bridgehead atoms. The van der Waals surface area contributed by atoms with E-state index in [4.69, 9.17) is 0 Å². The molecule has 6 heteroatoms. The predicted octanol–water partition coefficient (Wildman–Crippen LogP) is 1.61. The van der Waals surface area contributed by atoms with E-state index in [9.17, 15) is 12.3 Å². The lowest BCUT2D eigenvalue weighted by molar-refractivity contribution is 0.459. The Bertz CT molecular complexity index is 490. The van der Waals surface area contributed by atoms with Crippen LogP contribution in [0.15, 0.2) is 5.03 Å². The Hall–Kier alpha value is -0.910. The zero-order valence-corrected chi connectivity index (χ0v) is 9.51. The highest BCUT2D eigenvalue weighted by Gasteiger charge is 2.31. The number of aromatic nitrogens is 2. The molecule has 4 nitrogen and oxygen atoms in total. The van der Waals surface area contributed by atoms with Crippen molar-refractivity contribution in [1.82, 2.24) is 9.78 Å². The summed E-state index contributed by atoms with van der Waals surface area (Å²) >= 11 is 0. The maximum Gasteiger partial charge on any atom is 0.349 e. The van der Waals surface area contributed by atoms with Crippen molar-refractivity contribution in [1.29, 1.82) is 0 Å². The Morgan fingerprint density at radius 1 is 1.40 bits per heavy atom. The fourth-order valence-electron chi connectivity index (χ4n) is 1.99. The van der Waals surface area contributed by atoms with E-state index in [0.717, 1.165) is 18.5 Å². The number of halogens is 1. The first-order valence-electron chi connectivity index (χ1n) is 4.96. The summed E-state index contributed by atoms with van der Waals surface area (Å²) in [5.41, 5.74) is 1.31. The molecule has 0 radical (unpaired) electrons. The summed E-state index contributed by atoms with van der Waals surface area (Å²) < 4.78 is 36.5. The fraction of sp³-hybridized carbons (Fsp3) is 0.667. The smallest absolute Gasteiger partial charge is 0.249 e. The van der Waals surface area contributed by atoms with Gasteiger partial charge in [0.25, 0.3) is 0 Å². The molecule has 0 fully saturated rings. The maximum atomic E-state index is 13.1. The Labute approximate surface area is 88.3 Å². The van der Waals surface area contributed by atoms with Gasteiger partial charge in [0.15, 0.2) is 5.03 Å². The van der Waals surface area contributed by atoms with Crippen molar-refractivity contribution >= 4 is 10.2 Å². The van der Waals surface area contributed by atoms with Gasteiger partial charge in [-0.3, -0.25) is 0 Å². The topological polar surface area (TPSA) is 52.0 Å². The molecule has 0 saturated carbocycles. The van der Waals surface area contributed by atoms with Crippen LogP contribution in [0.25, 0.3) is 0 Å². The summed E-state index contributed by atoms with van der Waals surface area (Å²) in [6.07, 6.45) is 2.22. The van der Waals surface area contributed by atoms with Gasteiger partial charge >= 0.3 is 10.2 Å². The molecule has 1 aliphatic rings. The van der Waals surface area contributed by atoms with Crippen molar-refractivity contribution in [3.63, 3.8) is 0 Å². The number of hydrogen-bond acceptors (Lipinski definition) is 3. The van der Waals surface area contributed by atoms with Crippen LogP contribution in [0, 0.1) is 0 Å². The van der Waals surface area contributed by atoms with E-state index in [1.54, 1.807) is 13.8 Å². The molecule has 0 atom stereocenters. The van der Waals surface area contributed by atoms with Gasteiger partial charge in [0.1, 0.15) is 0 Å². The van der Waals surface area contributed by atoms with Crippen LogP contribution in [0.3, 0.4) is 0 Å². The van der Waals surface area contributed by atoms with Crippen LogP contribution in [0.5, 0.6) is 0 Å². The van der Waals surface area contributed by atoms with Gasteiger partial charge < -0.3 is 0 Å². The van der Waals surface area contributed by atoms with Gasteiger partial charge in [0.2, 0.25) is 0 Å². The van der Waals surface area contributed by atoms with Crippen LogP contribution in [0.2, 0.25) is 0 Å². The molecule has 1 aromatic rings. The van der Waals surface area contributed by atoms with Gasteiger partial charge in [-0.2, -0.15) is 13.5 Å². The van der Waals surface area contributed by atoms with Crippen molar-refractivity contribution in [3.8, 4) is 0 Å². The molecule has 1 aliphatic carbocycles. The van der Waals surface area contributed by atoms with Crippen LogP contribution in [-0.4, -0.2) is 18.2 Å². The van der Waals surface area contributed by atoms with E-state index in [-0.39, 0.29) is 11.1 Å². The highest BCUT2D eigenvalue weighted by molar-refractivity contribution is 7.86. The molecule has 0 aliphatic heterocycles. The summed E-state index contributed by atoms with van der Waals surface area (Å²) in [6, 6.07) is -0.142. The quantitative estimate of drug-likeness (QED) is 0.728. The molecule has 0 amide bonds. The van der Waals surface area contributed by atoms with Crippen LogP contribution < -0.4 is 0 Å². The second-order valence-corrected chi connectivity index (χ2v) is 5.32. The third-order valence-electron chi connectivity index (χ3n) is 2.60. The van der Waals surface area contributed by atoms with Crippen molar-refractivity contribution < 1.29 is 12.3 Å². The molecule has 0 aromatic carbocycles. The first-order chi connectivity index (χ1) is 6.91. The van der Waals surface area contributed by atoms with E-state index in [0.29, 0.717) is 12.0 Å². The number of fused-ring (bicyclic) bond motifs is 1. The van der Waals surface area contributed by atoms with Gasteiger partial charge in [-0.1, -0.05) is 3.89 Å². The molecule has 84 valence electrons. The SMILES string of the molecule is CC(C)n1nc2c(c1S(=O)(=O)F)CCC2. The summed E-state index contributed by atoms with van der Waals surface area (Å²) in [4.78, 5) is 0. The molecule has 2 rings (SSSR count). The fourth-order valence-corrected chi connectivity index (χ4v) is 2.98. The molecule has 0 spiro atoms. The maximum absolute atomic E-state index is 13.1. The molecular formula is C9H13FN2O2S. The third-order valence-corrected chi connectivity index (χ3v) is 3.50. The van der Waals surface area contributed by atoms with E-state index < -0.39 is 10.2 Å². The zero-order valence-electron chi connectivity index (χ0n) is 8.70. The minimum Gasteiger partial charge on any atom is -0.249 e. The summed E-state index contributed by atoms with van der Waals surface area (Å²) in [7, 11) is -4.66. The molecule has 0 N–H and O–H groups in total. The Morgan fingerprint density at radius 3 is 2.60 bits per heavy atom. The molecule has 0 saturated heterocycles. The Balaban J connectivity index is 2.69. The van der Waals surface area contributed by atoms with E-state index in [1.807, 2.05) is 0 Å². The van der Waals surface area contributed by atoms with Gasteiger partial charge in [-0.25, -0.2) is 4.68 Å². The first-order valence-corrected chi connectivity index (χ1v) is 6.34. The molecule has 1 heterocycles. The average molecular weight is 232 g/mol. The van der Waals surface area contributed by atoms with Crippen molar-refractivity contribution in [2.45, 2.75) is 44.2 Å². The zero-order chi connectivity index (χ0) is 11.2. The van der Waals surface area contributed by atoms with E-state index in [2.05, 4.69) is 5.10 Å². The summed E-state index contributed by atoms with van der Waals surface area (Å²) in [5, 5.41) is 3.92. The van der Waals surface area contributed by atoms with Crippen molar-refractivity contribution in [3.05, 3.63) is 11.3 Å². The molecular weight excluding hydrogens is 219 g/mol. The highest BCUT2D eigenvalue weighted by Crippen LogP contribution is 2.30. The number of nitrogens with zero attached hydrogens (tertiary/aromatic N) is 2. The number of hydrogen-bond donors (Lipinski definition) is 0. The average Bonchev–Trinajstić information content (AvgIpc) is 2.56. The minimum absolute atomic E-state index is 0.142. The summed E-state index contributed by atoms with van der Waals surface area (Å²) in [5.74, 6) is 0. The largest absolute Gasteiger partial charge is 0.349 e. The predicted molar refractivity (Wildman–Crippen MR) is 52.9 cm³/mol. The van der Waals surface area contributed by atoms with E-state index >= 15 is 0 Å². The van der Waals surface area contributed by atoms with Crippen LogP contribution >= 0.6 is 0 Å². The van der Waals surface area contributed by atoms with E-state index in [1.165, 1.54) is 4.68 Å². The summed E-state index contributed by atoms with van der Waals surface area (Å²) in [6.45, 7) is 3.58. The van der Waals surface area contributed by atoms with Crippen molar-refractivity contribution in [2.24, 2.45) is 0 Å². The molecule has 1 aromatic heterocycles. The Kier molecular flexibility index (Phi) is 2.33. The third kappa shape index (κ3) is 1.67. The van der Waals surface area contributed by atoms with Crippen LogP contribution in [0.4, 0.5) is 3.89 Å². The van der Waals surface area contributed by atoms with Gasteiger partial charge in [0.05, 0.1) is 5.69 Å². The lowest BCUT2D eigenvalue weighted by Crippen LogP contribution is -2.11. The standard InChI is InChI=1S/C9H13FN2O2S/c1-6(2)12-9(15(10,13)14)7-4-3-5-8(7)11-12/h6H,3-5H2,1-2H3. The van der Waals surface area contributed by atoms with Crippen LogP contribution in [0.1, 0.15) is 37.6 Å². The second kappa shape index (κ2) is 3.30. The van der Waals surface area contributed by atoms with Crippen LogP contribution in [-0.2, 0) is 23.1 Å².